The number of benzene rings is 1. The molecule has 1 aromatic carbocycles. The fraction of sp³-hybridized carbons (Fsp3) is 0.500. The highest BCUT2D eigenvalue weighted by molar-refractivity contribution is 9.09. The van der Waals surface area contributed by atoms with Gasteiger partial charge in [0, 0.05) is 17.5 Å². The third-order valence-electron chi connectivity index (χ3n) is 7.85. The Morgan fingerprint density at radius 2 is 1.80 bits per heavy atom. The molecule has 0 radical (unpaired) electrons. The molecule has 4 aliphatic rings. The minimum absolute atomic E-state index is 0.0652. The Balaban J connectivity index is 1.73. The van der Waals surface area contributed by atoms with Crippen LogP contribution >= 0.6 is 50.7 Å². The van der Waals surface area contributed by atoms with Crippen LogP contribution in [0.15, 0.2) is 29.8 Å². The summed E-state index contributed by atoms with van der Waals surface area (Å²) in [6.45, 7) is 2.21. The number of amides is 4. The fourth-order valence-corrected chi connectivity index (χ4v) is 8.06. The van der Waals surface area contributed by atoms with Gasteiger partial charge in [-0.1, -0.05) is 52.2 Å². The van der Waals surface area contributed by atoms with Gasteiger partial charge in [0.1, 0.15) is 5.75 Å². The summed E-state index contributed by atoms with van der Waals surface area (Å²) in [7, 11) is 0. The van der Waals surface area contributed by atoms with Crippen molar-refractivity contribution in [3.8, 4) is 5.75 Å². The van der Waals surface area contributed by atoms with Gasteiger partial charge in [-0.2, -0.15) is 0 Å². The van der Waals surface area contributed by atoms with Crippen LogP contribution in [0.25, 0.3) is 0 Å². The molecule has 2 aliphatic carbocycles. The van der Waals surface area contributed by atoms with E-state index < -0.39 is 45.2 Å². The molecule has 5 rings (SSSR count). The van der Waals surface area contributed by atoms with E-state index in [0.29, 0.717) is 30.5 Å². The minimum Gasteiger partial charge on any atom is -0.508 e. The summed E-state index contributed by atoms with van der Waals surface area (Å²) in [6.07, 6.45) is 2.73. The highest BCUT2D eigenvalue weighted by atomic mass is 79.9. The maximum absolute atomic E-state index is 13.6. The summed E-state index contributed by atoms with van der Waals surface area (Å²) in [5.74, 6) is -4.69. The average Bonchev–Trinajstić information content (AvgIpc) is 3.13. The van der Waals surface area contributed by atoms with Gasteiger partial charge >= 0.3 is 0 Å². The number of allylic oxidation sites excluding steroid dienone is 2. The monoisotopic (exact) mass is 602 g/mol. The first-order valence-electron chi connectivity index (χ1n) is 11.4. The largest absolute Gasteiger partial charge is 0.508 e. The van der Waals surface area contributed by atoms with Crippen LogP contribution in [0, 0.1) is 17.8 Å². The quantitative estimate of drug-likeness (QED) is 0.241. The number of rotatable bonds is 4. The molecule has 3 fully saturated rings. The zero-order valence-electron chi connectivity index (χ0n) is 18.6. The molecule has 0 bridgehead atoms. The van der Waals surface area contributed by atoms with Gasteiger partial charge < -0.3 is 5.11 Å². The number of imide groups is 2. The standard InChI is InChI=1S/C24H22BrCl3N2O5/c1-2-7-29-19(32)14-6-5-12-15(17(14)20(29)33)9-23(27)21(34)30(10-25)22(35)24(23,28)18(12)13-4-3-11(31)8-16(13)26/h3-5,8,14-15,17-18,31H,2,6-7,9-10H2,1H3. The van der Waals surface area contributed by atoms with E-state index in [-0.39, 0.29) is 34.5 Å². The van der Waals surface area contributed by atoms with E-state index in [1.54, 1.807) is 6.07 Å². The van der Waals surface area contributed by atoms with Crippen LogP contribution < -0.4 is 0 Å². The lowest BCUT2D eigenvalue weighted by Gasteiger charge is -2.51. The van der Waals surface area contributed by atoms with E-state index in [1.807, 2.05) is 13.0 Å². The Labute approximate surface area is 225 Å². The number of likely N-dealkylation sites (tertiary alicyclic amines) is 2. The van der Waals surface area contributed by atoms with Crippen molar-refractivity contribution in [3.05, 3.63) is 40.4 Å². The number of hydrogen-bond acceptors (Lipinski definition) is 5. The van der Waals surface area contributed by atoms with Crippen LogP contribution in [0.1, 0.15) is 37.7 Å². The van der Waals surface area contributed by atoms with Crippen molar-refractivity contribution >= 4 is 74.4 Å². The molecule has 2 saturated heterocycles. The second-order valence-electron chi connectivity index (χ2n) is 9.52. The number of carbonyl (C=O) groups excluding carboxylic acids is 4. The predicted molar refractivity (Wildman–Crippen MR) is 133 cm³/mol. The molecule has 1 aromatic rings. The predicted octanol–water partition coefficient (Wildman–Crippen LogP) is 4.17. The zero-order chi connectivity index (χ0) is 25.4. The van der Waals surface area contributed by atoms with Crippen LogP contribution in [0.5, 0.6) is 5.75 Å². The number of carbonyl (C=O) groups is 4. The number of hydrogen-bond donors (Lipinski definition) is 1. The first-order valence-corrected chi connectivity index (χ1v) is 13.6. The molecular formula is C24H22BrCl3N2O5. The van der Waals surface area contributed by atoms with Gasteiger partial charge in [-0.05, 0) is 42.9 Å². The van der Waals surface area contributed by atoms with Crippen molar-refractivity contribution in [2.45, 2.75) is 41.9 Å². The van der Waals surface area contributed by atoms with Gasteiger partial charge in [-0.15, -0.1) is 23.2 Å². The Morgan fingerprint density at radius 1 is 1.09 bits per heavy atom. The Kier molecular flexibility index (Phi) is 6.06. The molecule has 2 aliphatic heterocycles. The van der Waals surface area contributed by atoms with E-state index >= 15 is 0 Å². The lowest BCUT2D eigenvalue weighted by molar-refractivity contribution is -0.141. The number of phenolic OH excluding ortho intramolecular Hbond substituents is 1. The summed E-state index contributed by atoms with van der Waals surface area (Å²) in [6, 6.07) is 4.31. The van der Waals surface area contributed by atoms with Crippen LogP contribution in [0.4, 0.5) is 0 Å². The van der Waals surface area contributed by atoms with Crippen LogP contribution in [-0.2, 0) is 19.2 Å². The minimum atomic E-state index is -1.91. The Bertz CT molecular complexity index is 1210. The summed E-state index contributed by atoms with van der Waals surface area (Å²) in [4.78, 5) is 52.2. The molecule has 0 aromatic heterocycles. The van der Waals surface area contributed by atoms with Crippen molar-refractivity contribution in [2.24, 2.45) is 17.8 Å². The number of aromatic hydroxyl groups is 1. The van der Waals surface area contributed by atoms with Crippen molar-refractivity contribution < 1.29 is 24.3 Å². The summed E-state index contributed by atoms with van der Waals surface area (Å²) >= 11 is 23.9. The smallest absolute Gasteiger partial charge is 0.254 e. The summed E-state index contributed by atoms with van der Waals surface area (Å²) in [5.41, 5.74) is 0.988. The van der Waals surface area contributed by atoms with E-state index in [9.17, 15) is 24.3 Å². The number of nitrogens with zero attached hydrogens (tertiary/aromatic N) is 2. The molecule has 1 N–H and O–H groups in total. The van der Waals surface area contributed by atoms with E-state index in [4.69, 9.17) is 34.8 Å². The van der Waals surface area contributed by atoms with Gasteiger partial charge in [0.2, 0.25) is 11.8 Å². The molecule has 4 amide bonds. The number of halogens is 4. The van der Waals surface area contributed by atoms with Crippen LogP contribution in [-0.4, -0.2) is 60.3 Å². The number of fused-ring (bicyclic) bond motifs is 4. The molecule has 1 saturated carbocycles. The SMILES string of the molecule is CCCN1C(=O)C2CC=C3C(CC4(Cl)C(=O)N(CBr)C(=O)C4(Cl)C3c3ccc(O)cc3Cl)C2C1=O. The molecule has 35 heavy (non-hydrogen) atoms. The highest BCUT2D eigenvalue weighted by Gasteiger charge is 2.76. The van der Waals surface area contributed by atoms with E-state index in [2.05, 4.69) is 15.9 Å². The highest BCUT2D eigenvalue weighted by Crippen LogP contribution is 2.66. The number of phenols is 1. The maximum Gasteiger partial charge on any atom is 0.254 e. The third-order valence-corrected chi connectivity index (χ3v) is 10.1. The normalized spacial score (nSPS) is 36.3. The van der Waals surface area contributed by atoms with Crippen molar-refractivity contribution in [2.75, 3.05) is 12.0 Å². The first-order chi connectivity index (χ1) is 16.5. The fourth-order valence-electron chi connectivity index (χ4n) is 6.36. The molecule has 11 heteroatoms. The maximum atomic E-state index is 13.6. The van der Waals surface area contributed by atoms with E-state index in [0.717, 1.165) is 4.90 Å². The molecular weight excluding hydrogens is 583 g/mol. The van der Waals surface area contributed by atoms with Crippen LogP contribution in [0.2, 0.25) is 5.02 Å². The van der Waals surface area contributed by atoms with Crippen molar-refractivity contribution in [1.82, 2.24) is 9.80 Å². The van der Waals surface area contributed by atoms with Crippen molar-refractivity contribution in [3.63, 3.8) is 0 Å². The van der Waals surface area contributed by atoms with Gasteiger partial charge in [0.05, 0.1) is 17.3 Å². The topological polar surface area (TPSA) is 95.0 Å². The summed E-state index contributed by atoms with van der Waals surface area (Å²) < 4.78 is 0. The second-order valence-corrected chi connectivity index (χ2v) is 11.7. The lowest BCUT2D eigenvalue weighted by atomic mass is 9.56. The average molecular weight is 605 g/mol. The molecule has 2 heterocycles. The molecule has 6 unspecified atom stereocenters. The third kappa shape index (κ3) is 3.15. The molecule has 6 atom stereocenters. The lowest BCUT2D eigenvalue weighted by Crippen LogP contribution is -2.60. The molecule has 186 valence electrons. The van der Waals surface area contributed by atoms with Gasteiger partial charge in [-0.25, -0.2) is 0 Å². The summed E-state index contributed by atoms with van der Waals surface area (Å²) in [5, 5.41) is 10.1. The van der Waals surface area contributed by atoms with Crippen molar-refractivity contribution in [1.29, 1.82) is 0 Å². The van der Waals surface area contributed by atoms with Gasteiger partial charge in [-0.3, -0.25) is 29.0 Å². The molecule has 7 nitrogen and oxygen atoms in total. The Hall–Kier alpha value is -1.61. The molecule has 0 spiro atoms. The Morgan fingerprint density at radius 3 is 2.43 bits per heavy atom. The van der Waals surface area contributed by atoms with E-state index in [1.165, 1.54) is 17.0 Å². The first kappa shape index (κ1) is 25.1. The van der Waals surface area contributed by atoms with Gasteiger partial charge in [0.15, 0.2) is 9.75 Å². The van der Waals surface area contributed by atoms with Crippen LogP contribution in [0.3, 0.4) is 0 Å². The van der Waals surface area contributed by atoms with Gasteiger partial charge in [0.25, 0.3) is 11.8 Å². The second kappa shape index (κ2) is 8.47. The zero-order valence-corrected chi connectivity index (χ0v) is 22.5. The number of alkyl halides is 3.